The molecule has 1 N–H and O–H groups in total. The minimum atomic E-state index is -0.471. The van der Waals surface area contributed by atoms with Crippen LogP contribution in [0.5, 0.6) is 0 Å². The van der Waals surface area contributed by atoms with E-state index in [2.05, 4.69) is 6.07 Å². The molecule has 1 aromatic carbocycles. The standard InChI is InChI=1S/C12H14O3/c13-12-10-4-2-1-3-8(10)5-11(12)15-9-6-14-7-9/h1-4,9,11-13H,5-7H2. The minimum Gasteiger partial charge on any atom is -0.386 e. The normalized spacial score (nSPS) is 29.9. The summed E-state index contributed by atoms with van der Waals surface area (Å²) in [5.41, 5.74) is 2.22. The van der Waals surface area contributed by atoms with Crippen LogP contribution in [-0.4, -0.2) is 30.5 Å². The van der Waals surface area contributed by atoms with E-state index in [1.165, 1.54) is 5.56 Å². The Morgan fingerprint density at radius 2 is 2.07 bits per heavy atom. The largest absolute Gasteiger partial charge is 0.386 e. The molecule has 1 saturated heterocycles. The maximum atomic E-state index is 10.0. The monoisotopic (exact) mass is 206 g/mol. The maximum absolute atomic E-state index is 10.0. The van der Waals surface area contributed by atoms with Crippen LogP contribution in [0, 0.1) is 0 Å². The molecule has 3 nitrogen and oxygen atoms in total. The molecule has 0 saturated carbocycles. The summed E-state index contributed by atoms with van der Waals surface area (Å²) in [6, 6.07) is 7.98. The van der Waals surface area contributed by atoms with Gasteiger partial charge in [-0.3, -0.25) is 0 Å². The zero-order chi connectivity index (χ0) is 10.3. The topological polar surface area (TPSA) is 38.7 Å². The van der Waals surface area contributed by atoms with E-state index in [1.54, 1.807) is 0 Å². The van der Waals surface area contributed by atoms with Gasteiger partial charge in [0.05, 0.1) is 19.3 Å². The number of hydrogen-bond acceptors (Lipinski definition) is 3. The molecular weight excluding hydrogens is 192 g/mol. The molecule has 0 amide bonds. The predicted octanol–water partition coefficient (Wildman–Crippen LogP) is 1.06. The van der Waals surface area contributed by atoms with Gasteiger partial charge < -0.3 is 14.6 Å². The van der Waals surface area contributed by atoms with E-state index >= 15 is 0 Å². The predicted molar refractivity (Wildman–Crippen MR) is 54.6 cm³/mol. The van der Waals surface area contributed by atoms with Crippen LogP contribution in [0.15, 0.2) is 24.3 Å². The van der Waals surface area contributed by atoms with Crippen molar-refractivity contribution in [2.75, 3.05) is 13.2 Å². The molecule has 0 radical (unpaired) electrons. The highest BCUT2D eigenvalue weighted by atomic mass is 16.6. The van der Waals surface area contributed by atoms with Crippen molar-refractivity contribution in [3.8, 4) is 0 Å². The molecule has 0 spiro atoms. The van der Waals surface area contributed by atoms with Crippen molar-refractivity contribution < 1.29 is 14.6 Å². The summed E-state index contributed by atoms with van der Waals surface area (Å²) in [5.74, 6) is 0. The van der Waals surface area contributed by atoms with E-state index < -0.39 is 6.10 Å². The lowest BCUT2D eigenvalue weighted by Gasteiger charge is -2.30. The number of rotatable bonds is 2. The van der Waals surface area contributed by atoms with Gasteiger partial charge in [-0.05, 0) is 11.1 Å². The van der Waals surface area contributed by atoms with Gasteiger partial charge in [0, 0.05) is 6.42 Å². The van der Waals surface area contributed by atoms with Crippen molar-refractivity contribution in [1.82, 2.24) is 0 Å². The molecule has 2 atom stereocenters. The quantitative estimate of drug-likeness (QED) is 0.786. The van der Waals surface area contributed by atoms with Crippen LogP contribution in [0.1, 0.15) is 17.2 Å². The van der Waals surface area contributed by atoms with Crippen LogP contribution >= 0.6 is 0 Å². The third-order valence-electron chi connectivity index (χ3n) is 3.12. The molecule has 0 aromatic heterocycles. The Hall–Kier alpha value is -0.900. The lowest BCUT2D eigenvalue weighted by molar-refractivity contribution is -0.172. The molecule has 1 fully saturated rings. The van der Waals surface area contributed by atoms with Crippen molar-refractivity contribution in [1.29, 1.82) is 0 Å². The Labute approximate surface area is 88.6 Å². The van der Waals surface area contributed by atoms with E-state index in [4.69, 9.17) is 9.47 Å². The molecule has 15 heavy (non-hydrogen) atoms. The number of fused-ring (bicyclic) bond motifs is 1. The molecule has 1 heterocycles. The number of hydrogen-bond donors (Lipinski definition) is 1. The van der Waals surface area contributed by atoms with Gasteiger partial charge in [0.15, 0.2) is 0 Å². The third kappa shape index (κ3) is 1.57. The van der Waals surface area contributed by atoms with Gasteiger partial charge in [-0.25, -0.2) is 0 Å². The van der Waals surface area contributed by atoms with Crippen LogP contribution in [0.4, 0.5) is 0 Å². The van der Waals surface area contributed by atoms with Crippen LogP contribution in [-0.2, 0) is 15.9 Å². The Bertz CT molecular complexity index is 360. The fourth-order valence-corrected chi connectivity index (χ4v) is 2.20. The van der Waals surface area contributed by atoms with Crippen LogP contribution in [0.2, 0.25) is 0 Å². The van der Waals surface area contributed by atoms with Gasteiger partial charge in [0.1, 0.15) is 12.2 Å². The zero-order valence-corrected chi connectivity index (χ0v) is 8.43. The minimum absolute atomic E-state index is 0.0868. The molecule has 2 aliphatic rings. The SMILES string of the molecule is OC1c2ccccc2CC1OC1COC1. The molecule has 0 bridgehead atoms. The summed E-state index contributed by atoms with van der Waals surface area (Å²) in [4.78, 5) is 0. The van der Waals surface area contributed by atoms with E-state index in [1.807, 2.05) is 18.2 Å². The number of ether oxygens (including phenoxy) is 2. The first-order valence-electron chi connectivity index (χ1n) is 5.33. The fraction of sp³-hybridized carbons (Fsp3) is 0.500. The first-order valence-corrected chi connectivity index (χ1v) is 5.33. The number of benzene rings is 1. The Morgan fingerprint density at radius 3 is 2.73 bits per heavy atom. The summed E-state index contributed by atoms with van der Waals surface area (Å²) < 4.78 is 10.8. The van der Waals surface area contributed by atoms with E-state index in [9.17, 15) is 5.11 Å². The van der Waals surface area contributed by atoms with E-state index in [-0.39, 0.29) is 12.2 Å². The average molecular weight is 206 g/mol. The second-order valence-corrected chi connectivity index (χ2v) is 4.18. The van der Waals surface area contributed by atoms with Crippen molar-refractivity contribution in [2.45, 2.75) is 24.7 Å². The highest BCUT2D eigenvalue weighted by Gasteiger charge is 2.34. The lowest BCUT2D eigenvalue weighted by atomic mass is 10.1. The molecule has 2 unspecified atom stereocenters. The summed E-state index contributed by atoms with van der Waals surface area (Å²) in [6.07, 6.45) is 0.436. The molecule has 80 valence electrons. The molecule has 3 heteroatoms. The second kappa shape index (κ2) is 3.59. The van der Waals surface area contributed by atoms with Crippen molar-refractivity contribution in [2.24, 2.45) is 0 Å². The number of aliphatic hydroxyl groups is 1. The second-order valence-electron chi connectivity index (χ2n) is 4.18. The third-order valence-corrected chi connectivity index (χ3v) is 3.12. The highest BCUT2D eigenvalue weighted by molar-refractivity contribution is 5.35. The Balaban J connectivity index is 1.74. The van der Waals surface area contributed by atoms with Gasteiger partial charge in [0.25, 0.3) is 0 Å². The summed E-state index contributed by atoms with van der Waals surface area (Å²) in [6.45, 7) is 1.33. The van der Waals surface area contributed by atoms with Crippen molar-refractivity contribution >= 4 is 0 Å². The van der Waals surface area contributed by atoms with Crippen LogP contribution in [0.3, 0.4) is 0 Å². The molecule has 3 rings (SSSR count). The average Bonchev–Trinajstić information content (AvgIpc) is 2.51. The van der Waals surface area contributed by atoms with E-state index in [0.717, 1.165) is 12.0 Å². The van der Waals surface area contributed by atoms with Gasteiger partial charge in [0.2, 0.25) is 0 Å². The fourth-order valence-electron chi connectivity index (χ4n) is 2.20. The summed E-state index contributed by atoms with van der Waals surface area (Å²) in [5, 5.41) is 10.0. The van der Waals surface area contributed by atoms with Crippen LogP contribution < -0.4 is 0 Å². The number of aliphatic hydroxyl groups excluding tert-OH is 1. The van der Waals surface area contributed by atoms with Gasteiger partial charge in [-0.1, -0.05) is 24.3 Å². The molecule has 1 aromatic rings. The van der Waals surface area contributed by atoms with Crippen molar-refractivity contribution in [3.63, 3.8) is 0 Å². The highest BCUT2D eigenvalue weighted by Crippen LogP contribution is 2.34. The first-order chi connectivity index (χ1) is 7.34. The molecule has 1 aliphatic carbocycles. The van der Waals surface area contributed by atoms with Gasteiger partial charge in [-0.15, -0.1) is 0 Å². The summed E-state index contributed by atoms with van der Waals surface area (Å²) >= 11 is 0. The Kier molecular flexibility index (Phi) is 2.24. The molecular formula is C12H14O3. The van der Waals surface area contributed by atoms with Crippen LogP contribution in [0.25, 0.3) is 0 Å². The summed E-state index contributed by atoms with van der Waals surface area (Å²) in [7, 11) is 0. The molecule has 1 aliphatic heterocycles. The zero-order valence-electron chi connectivity index (χ0n) is 8.43. The van der Waals surface area contributed by atoms with Gasteiger partial charge >= 0.3 is 0 Å². The van der Waals surface area contributed by atoms with Gasteiger partial charge in [-0.2, -0.15) is 0 Å². The smallest absolute Gasteiger partial charge is 0.106 e. The van der Waals surface area contributed by atoms with E-state index in [0.29, 0.717) is 13.2 Å². The first kappa shape index (κ1) is 9.33. The lowest BCUT2D eigenvalue weighted by Crippen LogP contribution is -2.40. The maximum Gasteiger partial charge on any atom is 0.106 e. The Morgan fingerprint density at radius 1 is 1.27 bits per heavy atom. The van der Waals surface area contributed by atoms with Crippen molar-refractivity contribution in [3.05, 3.63) is 35.4 Å².